The maximum Gasteiger partial charge on any atom is 0.122 e. The van der Waals surface area contributed by atoms with Crippen molar-refractivity contribution in [2.45, 2.75) is 98.3 Å². The number of hydrogen-bond donors (Lipinski definition) is 0. The van der Waals surface area contributed by atoms with Crippen LogP contribution in [-0.4, -0.2) is 30.0 Å². The minimum atomic E-state index is -1.23. The van der Waals surface area contributed by atoms with E-state index in [0.29, 0.717) is 6.61 Å². The lowest BCUT2D eigenvalue weighted by Gasteiger charge is -2.48. The van der Waals surface area contributed by atoms with Crippen molar-refractivity contribution in [2.24, 2.45) is 5.41 Å². The summed E-state index contributed by atoms with van der Waals surface area (Å²) in [6.07, 6.45) is 6.75. The number of aryl methyl sites for hydroxylation is 2. The van der Waals surface area contributed by atoms with E-state index in [9.17, 15) is 0 Å². The van der Waals surface area contributed by atoms with Gasteiger partial charge in [-0.15, -0.1) is 21.6 Å². The van der Waals surface area contributed by atoms with Crippen LogP contribution in [0, 0.1) is 19.3 Å². The second kappa shape index (κ2) is 10.3. The molecular formula is C29H48O2S2. The van der Waals surface area contributed by atoms with E-state index in [4.69, 9.17) is 8.92 Å². The second-order valence-electron chi connectivity index (χ2n) is 11.9. The topological polar surface area (TPSA) is 18.5 Å². The minimum absolute atomic E-state index is 0.0000280. The molecule has 1 atom stereocenters. The van der Waals surface area contributed by atoms with Gasteiger partial charge in [0, 0.05) is 15.0 Å². The molecule has 4 heteroatoms. The summed E-state index contributed by atoms with van der Waals surface area (Å²) in [6, 6.07) is 9.16. The first-order valence-corrected chi connectivity index (χ1v) is 15.5. The van der Waals surface area contributed by atoms with Gasteiger partial charge in [0.25, 0.3) is 0 Å². The molecule has 2 rings (SSSR count). The third-order valence-electron chi connectivity index (χ3n) is 7.32. The van der Waals surface area contributed by atoms with E-state index in [1.165, 1.54) is 21.6 Å². The molecule has 0 aliphatic heterocycles. The van der Waals surface area contributed by atoms with E-state index in [-0.39, 0.29) is 21.7 Å². The molecule has 0 fully saturated rings. The van der Waals surface area contributed by atoms with Gasteiger partial charge in [0.2, 0.25) is 0 Å². The van der Waals surface area contributed by atoms with Crippen LogP contribution in [0.4, 0.5) is 0 Å². The van der Waals surface area contributed by atoms with Crippen molar-refractivity contribution in [2.75, 3.05) is 19.1 Å². The van der Waals surface area contributed by atoms with E-state index >= 15 is 0 Å². The van der Waals surface area contributed by atoms with Crippen LogP contribution in [0.3, 0.4) is 0 Å². The van der Waals surface area contributed by atoms with Crippen LogP contribution in [-0.2, 0) is 9.60 Å². The molecule has 0 aliphatic rings. The van der Waals surface area contributed by atoms with Crippen LogP contribution in [0.25, 0.3) is 0 Å². The number of rotatable bonds is 9. The van der Waals surface area contributed by atoms with Crippen molar-refractivity contribution in [1.82, 2.24) is 0 Å². The van der Waals surface area contributed by atoms with Gasteiger partial charge in [0.1, 0.15) is 18.5 Å². The Bertz CT molecular complexity index is 908. The van der Waals surface area contributed by atoms with Gasteiger partial charge in [0.05, 0.1) is 0 Å². The van der Waals surface area contributed by atoms with Crippen molar-refractivity contribution < 1.29 is 8.92 Å². The summed E-state index contributed by atoms with van der Waals surface area (Å²) < 4.78 is 13.3. The van der Waals surface area contributed by atoms with Gasteiger partial charge < -0.3 is 8.92 Å². The molecule has 1 unspecified atom stereocenters. The molecule has 33 heavy (non-hydrogen) atoms. The second-order valence-corrected chi connectivity index (χ2v) is 16.7. The molecule has 0 N–H and O–H groups in total. The molecule has 0 spiro atoms. The first-order valence-electron chi connectivity index (χ1n) is 12.3. The van der Waals surface area contributed by atoms with Crippen molar-refractivity contribution in [3.05, 3.63) is 51.2 Å². The lowest BCUT2D eigenvalue weighted by atomic mass is 9.74. The largest absolute Gasteiger partial charge is 0.491 e. The maximum absolute atomic E-state index is 6.76. The summed E-state index contributed by atoms with van der Waals surface area (Å²) in [4.78, 5) is 1.46. The fraction of sp³-hybridized carbons (Fsp3) is 0.655. The Balaban J connectivity index is 2.28. The first-order chi connectivity index (χ1) is 15.1. The standard InChI is InChI=1S/C29H48O2S2/c1-13-29(14-2,26-17-21(3)20-32-26)23-15-16-24(22(4)18-23)30-19-25(27(5,6)7)31-33(11,12)28(8,9)10/h15-18,20,25H,13-14,19H2,1-12H3. The van der Waals surface area contributed by atoms with Crippen molar-refractivity contribution in [3.8, 4) is 5.75 Å². The Morgan fingerprint density at radius 2 is 1.55 bits per heavy atom. The van der Waals surface area contributed by atoms with Gasteiger partial charge in [-0.25, -0.2) is 0 Å². The monoisotopic (exact) mass is 492 g/mol. The molecule has 0 saturated carbocycles. The molecule has 1 aromatic carbocycles. The summed E-state index contributed by atoms with van der Waals surface area (Å²) in [6.45, 7) is 23.1. The third kappa shape index (κ3) is 6.38. The smallest absolute Gasteiger partial charge is 0.122 e. The van der Waals surface area contributed by atoms with E-state index in [1.54, 1.807) is 0 Å². The SMILES string of the molecule is CCC(CC)(c1ccc(OCC(OS(C)(C)C(C)(C)C)C(C)(C)C)c(C)c1)c1cc(C)cs1. The molecule has 0 saturated heterocycles. The molecule has 2 aromatic rings. The number of hydrogen-bond acceptors (Lipinski definition) is 3. The molecule has 0 aliphatic carbocycles. The highest BCUT2D eigenvalue weighted by molar-refractivity contribution is 8.29. The van der Waals surface area contributed by atoms with Crippen LogP contribution in [0.1, 0.15) is 89.8 Å². The Morgan fingerprint density at radius 3 is 1.97 bits per heavy atom. The van der Waals surface area contributed by atoms with Crippen molar-refractivity contribution in [1.29, 1.82) is 0 Å². The summed E-state index contributed by atoms with van der Waals surface area (Å²) in [7, 11) is -1.23. The molecular weight excluding hydrogens is 444 g/mol. The van der Waals surface area contributed by atoms with Crippen LogP contribution >= 0.6 is 21.6 Å². The predicted octanol–water partition coefficient (Wildman–Crippen LogP) is 9.06. The zero-order valence-corrected chi connectivity index (χ0v) is 24.9. The molecule has 2 nitrogen and oxygen atoms in total. The average Bonchev–Trinajstić information content (AvgIpc) is 3.12. The normalized spacial score (nSPS) is 14.9. The Morgan fingerprint density at radius 1 is 0.939 bits per heavy atom. The average molecular weight is 493 g/mol. The highest BCUT2D eigenvalue weighted by Crippen LogP contribution is 2.56. The van der Waals surface area contributed by atoms with Crippen molar-refractivity contribution in [3.63, 3.8) is 0 Å². The van der Waals surface area contributed by atoms with E-state index in [1.807, 2.05) is 11.3 Å². The minimum Gasteiger partial charge on any atom is -0.491 e. The summed E-state index contributed by atoms with van der Waals surface area (Å²) in [5.74, 6) is 0.962. The van der Waals surface area contributed by atoms with Gasteiger partial charge in [-0.2, -0.15) is 0 Å². The predicted molar refractivity (Wildman–Crippen MR) is 151 cm³/mol. The zero-order chi connectivity index (χ0) is 25.2. The van der Waals surface area contributed by atoms with Crippen LogP contribution < -0.4 is 4.74 Å². The highest BCUT2D eigenvalue weighted by atomic mass is 32.3. The number of thiophene rings is 1. The molecule has 188 valence electrons. The molecule has 0 bridgehead atoms. The number of benzene rings is 1. The Labute approximate surface area is 210 Å². The van der Waals surface area contributed by atoms with Crippen LogP contribution in [0.2, 0.25) is 0 Å². The van der Waals surface area contributed by atoms with E-state index in [2.05, 4.69) is 111 Å². The van der Waals surface area contributed by atoms with Crippen molar-refractivity contribution >= 4 is 21.6 Å². The maximum atomic E-state index is 6.76. The summed E-state index contributed by atoms with van der Waals surface area (Å²) in [5.41, 5.74) is 4.01. The van der Waals surface area contributed by atoms with Gasteiger partial charge in [-0.3, -0.25) is 0 Å². The Kier molecular flexibility index (Phi) is 8.85. The fourth-order valence-electron chi connectivity index (χ4n) is 3.96. The van der Waals surface area contributed by atoms with Gasteiger partial charge in [0.15, 0.2) is 0 Å². The zero-order valence-electron chi connectivity index (χ0n) is 23.2. The molecule has 1 aromatic heterocycles. The van der Waals surface area contributed by atoms with E-state index < -0.39 is 10.3 Å². The lowest BCUT2D eigenvalue weighted by Crippen LogP contribution is -2.39. The van der Waals surface area contributed by atoms with Gasteiger partial charge >= 0.3 is 0 Å². The first kappa shape index (κ1) is 28.3. The van der Waals surface area contributed by atoms with Crippen LogP contribution in [0.5, 0.6) is 5.75 Å². The fourth-order valence-corrected chi connectivity index (χ4v) is 6.44. The molecule has 0 amide bonds. The summed E-state index contributed by atoms with van der Waals surface area (Å²) >= 11 is 1.89. The van der Waals surface area contributed by atoms with E-state index in [0.717, 1.165) is 18.6 Å². The highest BCUT2D eigenvalue weighted by Gasteiger charge is 2.37. The van der Waals surface area contributed by atoms with Gasteiger partial charge in [-0.1, -0.05) is 67.5 Å². The number of ether oxygens (including phenoxy) is 1. The summed E-state index contributed by atoms with van der Waals surface area (Å²) in [5, 5.41) is 2.27. The van der Waals surface area contributed by atoms with Crippen LogP contribution in [0.15, 0.2) is 29.6 Å². The molecule has 1 heterocycles. The Hall–Kier alpha value is -0.970. The molecule has 0 radical (unpaired) electrons. The third-order valence-corrected chi connectivity index (χ3v) is 12.2. The van der Waals surface area contributed by atoms with Gasteiger partial charge in [-0.05, 0) is 78.8 Å². The quantitative estimate of drug-likeness (QED) is 0.347. The lowest BCUT2D eigenvalue weighted by molar-refractivity contribution is 0.0523.